The zero-order chi connectivity index (χ0) is 11.7. The fourth-order valence-corrected chi connectivity index (χ4v) is 1.78. The molecule has 0 spiro atoms. The summed E-state index contributed by atoms with van der Waals surface area (Å²) in [6.07, 6.45) is 2.39. The molecule has 0 aromatic carbocycles. The van der Waals surface area contributed by atoms with E-state index in [0.717, 1.165) is 0 Å². The van der Waals surface area contributed by atoms with Crippen LogP contribution in [0.25, 0.3) is 0 Å². The lowest BCUT2D eigenvalue weighted by molar-refractivity contribution is -0.389. The van der Waals surface area contributed by atoms with E-state index >= 15 is 0 Å². The summed E-state index contributed by atoms with van der Waals surface area (Å²) in [5.74, 6) is -0.214. The maximum atomic E-state index is 10.7. The van der Waals surface area contributed by atoms with Crippen molar-refractivity contribution in [3.05, 3.63) is 22.6 Å². The van der Waals surface area contributed by atoms with Crippen molar-refractivity contribution in [2.75, 3.05) is 13.1 Å². The van der Waals surface area contributed by atoms with E-state index in [9.17, 15) is 14.9 Å². The van der Waals surface area contributed by atoms with Crippen molar-refractivity contribution in [1.29, 1.82) is 0 Å². The smallest absolute Gasteiger partial charge is 0.407 e. The molecular formula is C8H10N4O4. The van der Waals surface area contributed by atoms with Gasteiger partial charge in [-0.15, -0.1) is 0 Å². The van der Waals surface area contributed by atoms with Gasteiger partial charge in [0, 0.05) is 13.1 Å². The van der Waals surface area contributed by atoms with Crippen molar-refractivity contribution < 1.29 is 14.8 Å². The van der Waals surface area contributed by atoms with Crippen molar-refractivity contribution in [3.63, 3.8) is 0 Å². The summed E-state index contributed by atoms with van der Waals surface area (Å²) in [7, 11) is 0. The topological polar surface area (TPSA) is 102 Å². The van der Waals surface area contributed by atoms with E-state index in [-0.39, 0.29) is 11.9 Å². The van der Waals surface area contributed by atoms with Gasteiger partial charge in [-0.05, 0) is 16.3 Å². The van der Waals surface area contributed by atoms with E-state index in [1.807, 2.05) is 0 Å². The highest BCUT2D eigenvalue weighted by molar-refractivity contribution is 5.65. The second-order valence-electron chi connectivity index (χ2n) is 3.61. The number of likely N-dealkylation sites (tertiary alicyclic amines) is 1. The minimum Gasteiger partial charge on any atom is -0.465 e. The third kappa shape index (κ3) is 1.81. The minimum absolute atomic E-state index is 0.0581. The van der Waals surface area contributed by atoms with Crippen molar-refractivity contribution in [2.24, 2.45) is 0 Å². The SMILES string of the molecule is O=C(O)N1CC[C@H](n2cnc([N+](=O)[O-])c2)C1. The van der Waals surface area contributed by atoms with Gasteiger partial charge in [-0.3, -0.25) is 0 Å². The lowest BCUT2D eigenvalue weighted by atomic mass is 10.3. The Labute approximate surface area is 90.3 Å². The maximum Gasteiger partial charge on any atom is 0.407 e. The van der Waals surface area contributed by atoms with Crippen LogP contribution in [-0.2, 0) is 0 Å². The number of carboxylic acid groups (broad SMARTS) is 1. The second-order valence-corrected chi connectivity index (χ2v) is 3.61. The molecule has 1 aromatic heterocycles. The van der Waals surface area contributed by atoms with Gasteiger partial charge in [-0.2, -0.15) is 0 Å². The molecule has 1 amide bonds. The van der Waals surface area contributed by atoms with Crippen molar-refractivity contribution >= 4 is 11.9 Å². The van der Waals surface area contributed by atoms with Crippen LogP contribution in [0.2, 0.25) is 0 Å². The van der Waals surface area contributed by atoms with Crippen LogP contribution >= 0.6 is 0 Å². The standard InChI is InChI=1S/C8H10N4O4/c13-8(14)10-2-1-6(3-10)11-4-7(9-5-11)12(15)16/h4-6H,1-3H2,(H,13,14)/t6-/m0/s1. The van der Waals surface area contributed by atoms with E-state index in [2.05, 4.69) is 4.98 Å². The molecule has 8 heteroatoms. The summed E-state index contributed by atoms with van der Waals surface area (Å²) in [5, 5.41) is 19.2. The average molecular weight is 226 g/mol. The molecule has 1 aliphatic rings. The monoisotopic (exact) mass is 226 g/mol. The predicted molar refractivity (Wildman–Crippen MR) is 52.1 cm³/mol. The Morgan fingerprint density at radius 1 is 1.69 bits per heavy atom. The van der Waals surface area contributed by atoms with Crippen LogP contribution in [0.4, 0.5) is 10.6 Å². The number of aromatic nitrogens is 2. The number of nitro groups is 1. The van der Waals surface area contributed by atoms with Crippen molar-refractivity contribution in [1.82, 2.24) is 14.5 Å². The van der Waals surface area contributed by atoms with E-state index in [4.69, 9.17) is 5.11 Å². The lowest BCUT2D eigenvalue weighted by Crippen LogP contribution is -2.26. The number of rotatable bonds is 2. The maximum absolute atomic E-state index is 10.7. The first-order chi connectivity index (χ1) is 7.58. The normalized spacial score (nSPS) is 20.0. The Bertz CT molecular complexity index is 429. The van der Waals surface area contributed by atoms with Gasteiger partial charge in [-0.25, -0.2) is 4.79 Å². The van der Waals surface area contributed by atoms with Crippen molar-refractivity contribution in [3.8, 4) is 0 Å². The summed E-state index contributed by atoms with van der Waals surface area (Å²) in [4.78, 5) is 25.5. The highest BCUT2D eigenvalue weighted by atomic mass is 16.6. The molecule has 1 fully saturated rings. The molecule has 0 unspecified atom stereocenters. The van der Waals surface area contributed by atoms with Crippen LogP contribution in [-0.4, -0.2) is 43.7 Å². The fraction of sp³-hybridized carbons (Fsp3) is 0.500. The molecular weight excluding hydrogens is 216 g/mol. The molecule has 8 nitrogen and oxygen atoms in total. The van der Waals surface area contributed by atoms with E-state index in [1.54, 1.807) is 4.57 Å². The molecule has 0 aliphatic carbocycles. The summed E-state index contributed by atoms with van der Waals surface area (Å²) < 4.78 is 1.60. The van der Waals surface area contributed by atoms with Gasteiger partial charge in [0.25, 0.3) is 0 Å². The van der Waals surface area contributed by atoms with Gasteiger partial charge in [0.15, 0.2) is 0 Å². The largest absolute Gasteiger partial charge is 0.465 e. The number of nitrogens with zero attached hydrogens (tertiary/aromatic N) is 4. The zero-order valence-corrected chi connectivity index (χ0v) is 8.31. The van der Waals surface area contributed by atoms with Gasteiger partial charge in [0.05, 0.1) is 6.04 Å². The van der Waals surface area contributed by atoms with Crippen LogP contribution in [0, 0.1) is 10.1 Å². The van der Waals surface area contributed by atoms with Gasteiger partial charge < -0.3 is 24.7 Å². The minimum atomic E-state index is -0.961. The summed E-state index contributed by atoms with van der Waals surface area (Å²) >= 11 is 0. The molecule has 1 N–H and O–H groups in total. The van der Waals surface area contributed by atoms with E-state index in [1.165, 1.54) is 17.4 Å². The van der Waals surface area contributed by atoms with Crippen LogP contribution < -0.4 is 0 Å². The Morgan fingerprint density at radius 3 is 2.94 bits per heavy atom. The lowest BCUT2D eigenvalue weighted by Gasteiger charge is -2.11. The summed E-state index contributed by atoms with van der Waals surface area (Å²) in [6.45, 7) is 0.800. The fourth-order valence-electron chi connectivity index (χ4n) is 1.78. The molecule has 1 aromatic rings. The number of imidazole rings is 1. The molecule has 1 saturated heterocycles. The molecule has 2 rings (SSSR count). The third-order valence-electron chi connectivity index (χ3n) is 2.63. The van der Waals surface area contributed by atoms with Crippen molar-refractivity contribution in [2.45, 2.75) is 12.5 Å². The number of amides is 1. The molecule has 1 aliphatic heterocycles. The van der Waals surface area contributed by atoms with Gasteiger partial charge in [-0.1, -0.05) is 0 Å². The Kier molecular flexibility index (Phi) is 2.47. The zero-order valence-electron chi connectivity index (χ0n) is 8.31. The summed E-state index contributed by atoms with van der Waals surface area (Å²) in [5.41, 5.74) is 0. The highest BCUT2D eigenvalue weighted by Crippen LogP contribution is 2.22. The second kappa shape index (κ2) is 3.80. The number of carbonyl (C=O) groups is 1. The summed E-state index contributed by atoms with van der Waals surface area (Å²) in [6, 6.07) is -0.0581. The molecule has 1 atom stereocenters. The van der Waals surface area contributed by atoms with Crippen LogP contribution in [0.15, 0.2) is 12.5 Å². The first-order valence-electron chi connectivity index (χ1n) is 4.73. The Morgan fingerprint density at radius 2 is 2.44 bits per heavy atom. The highest BCUT2D eigenvalue weighted by Gasteiger charge is 2.28. The Balaban J connectivity index is 2.08. The van der Waals surface area contributed by atoms with Gasteiger partial charge in [0.1, 0.15) is 6.20 Å². The van der Waals surface area contributed by atoms with E-state index in [0.29, 0.717) is 19.5 Å². The molecule has 0 radical (unpaired) electrons. The van der Waals surface area contributed by atoms with Crippen LogP contribution in [0.5, 0.6) is 0 Å². The molecule has 86 valence electrons. The molecule has 16 heavy (non-hydrogen) atoms. The molecule has 0 saturated carbocycles. The van der Waals surface area contributed by atoms with E-state index < -0.39 is 11.0 Å². The van der Waals surface area contributed by atoms with Gasteiger partial charge >= 0.3 is 11.9 Å². The quantitative estimate of drug-likeness (QED) is 0.591. The van der Waals surface area contributed by atoms with Gasteiger partial charge in [0.2, 0.25) is 6.33 Å². The third-order valence-corrected chi connectivity index (χ3v) is 2.63. The first-order valence-corrected chi connectivity index (χ1v) is 4.73. The molecule has 2 heterocycles. The molecule has 0 bridgehead atoms. The van der Waals surface area contributed by atoms with Crippen LogP contribution in [0.1, 0.15) is 12.5 Å². The predicted octanol–water partition coefficient (Wildman–Crippen LogP) is 0.716. The first kappa shape index (κ1) is 10.4. The number of hydrogen-bond acceptors (Lipinski definition) is 4. The average Bonchev–Trinajstić information content (AvgIpc) is 2.86. The number of hydrogen-bond donors (Lipinski definition) is 1. The van der Waals surface area contributed by atoms with Crippen LogP contribution in [0.3, 0.4) is 0 Å². The Hall–Kier alpha value is -2.12.